The van der Waals surface area contributed by atoms with E-state index in [0.717, 1.165) is 16.4 Å². The summed E-state index contributed by atoms with van der Waals surface area (Å²) in [7, 11) is -4.28. The van der Waals surface area contributed by atoms with Crippen LogP contribution in [-0.4, -0.2) is 49.1 Å². The quantitative estimate of drug-likeness (QED) is 0.622. The predicted octanol–water partition coefficient (Wildman–Crippen LogP) is 3.27. The van der Waals surface area contributed by atoms with Crippen LogP contribution >= 0.6 is 0 Å². The fraction of sp³-hybridized carbons (Fsp3) is 0.263. The number of sulfonamides is 1. The standard InChI is InChI=1S/C19H17F3N4O3S/c20-19(21,22)14-4-1-2-6-17(14)30(27,28)26-11-9-25(10-12-26)18-8-7-15(23-24-18)16-5-3-13-29-16/h1-8,13H,9-12H2. The van der Waals surface area contributed by atoms with Crippen LogP contribution in [0.1, 0.15) is 5.56 Å². The van der Waals surface area contributed by atoms with Gasteiger partial charge < -0.3 is 9.32 Å². The fourth-order valence-electron chi connectivity index (χ4n) is 3.27. The average Bonchev–Trinajstić information content (AvgIpc) is 3.28. The van der Waals surface area contributed by atoms with Gasteiger partial charge in [0.15, 0.2) is 11.6 Å². The minimum absolute atomic E-state index is 0.0378. The zero-order chi connectivity index (χ0) is 21.4. The molecule has 11 heteroatoms. The molecule has 7 nitrogen and oxygen atoms in total. The monoisotopic (exact) mass is 438 g/mol. The molecule has 1 fully saturated rings. The Morgan fingerprint density at radius 2 is 1.63 bits per heavy atom. The third-order valence-corrected chi connectivity index (χ3v) is 6.75. The van der Waals surface area contributed by atoms with E-state index in [1.54, 1.807) is 24.3 Å². The Morgan fingerprint density at radius 3 is 2.23 bits per heavy atom. The molecule has 30 heavy (non-hydrogen) atoms. The van der Waals surface area contributed by atoms with Gasteiger partial charge in [-0.25, -0.2) is 8.42 Å². The lowest BCUT2D eigenvalue weighted by Crippen LogP contribution is -2.49. The van der Waals surface area contributed by atoms with Crippen molar-refractivity contribution in [2.24, 2.45) is 0 Å². The highest BCUT2D eigenvalue weighted by atomic mass is 32.2. The number of hydrogen-bond acceptors (Lipinski definition) is 6. The van der Waals surface area contributed by atoms with Gasteiger partial charge in [0.2, 0.25) is 10.0 Å². The van der Waals surface area contributed by atoms with E-state index in [1.807, 2.05) is 4.90 Å². The highest BCUT2D eigenvalue weighted by molar-refractivity contribution is 7.89. The Morgan fingerprint density at radius 1 is 0.900 bits per heavy atom. The second-order valence-corrected chi connectivity index (χ2v) is 8.55. The maximum atomic E-state index is 13.3. The number of nitrogens with zero attached hydrogens (tertiary/aromatic N) is 4. The lowest BCUT2D eigenvalue weighted by atomic mass is 10.2. The van der Waals surface area contributed by atoms with Crippen molar-refractivity contribution >= 4 is 15.8 Å². The molecule has 3 heterocycles. The Labute approximate surface area is 170 Å². The summed E-state index contributed by atoms with van der Waals surface area (Å²) in [6.45, 7) is 0.636. The second kappa shape index (κ2) is 7.73. The predicted molar refractivity (Wildman–Crippen MR) is 102 cm³/mol. The third-order valence-electron chi connectivity index (χ3n) is 4.80. The minimum Gasteiger partial charge on any atom is -0.463 e. The van der Waals surface area contributed by atoms with Crippen LogP contribution < -0.4 is 4.90 Å². The van der Waals surface area contributed by atoms with E-state index in [2.05, 4.69) is 10.2 Å². The van der Waals surface area contributed by atoms with Gasteiger partial charge in [0, 0.05) is 26.2 Å². The first-order chi connectivity index (χ1) is 14.3. The summed E-state index contributed by atoms with van der Waals surface area (Å²) in [6, 6.07) is 11.2. The van der Waals surface area contributed by atoms with E-state index in [9.17, 15) is 21.6 Å². The number of anilines is 1. The van der Waals surface area contributed by atoms with Crippen molar-refractivity contribution in [1.29, 1.82) is 0 Å². The number of rotatable bonds is 4. The zero-order valence-corrected chi connectivity index (χ0v) is 16.4. The Kier molecular flexibility index (Phi) is 5.24. The molecule has 1 saturated heterocycles. The SMILES string of the molecule is O=S(=O)(c1ccccc1C(F)(F)F)N1CCN(c2ccc(-c3ccco3)nn2)CC1. The molecule has 0 atom stereocenters. The summed E-state index contributed by atoms with van der Waals surface area (Å²) in [5.74, 6) is 1.13. The Bertz CT molecular complexity index is 1110. The number of benzene rings is 1. The molecule has 0 N–H and O–H groups in total. The van der Waals surface area contributed by atoms with Crippen LogP contribution in [0, 0.1) is 0 Å². The van der Waals surface area contributed by atoms with Crippen molar-refractivity contribution in [2.45, 2.75) is 11.1 Å². The van der Waals surface area contributed by atoms with Gasteiger partial charge in [-0.2, -0.15) is 17.5 Å². The van der Waals surface area contributed by atoms with E-state index in [4.69, 9.17) is 4.42 Å². The Hall–Kier alpha value is -2.92. The van der Waals surface area contributed by atoms with E-state index in [-0.39, 0.29) is 26.2 Å². The van der Waals surface area contributed by atoms with Gasteiger partial charge in [0.05, 0.1) is 16.7 Å². The van der Waals surface area contributed by atoms with Crippen molar-refractivity contribution in [1.82, 2.24) is 14.5 Å². The third kappa shape index (κ3) is 3.90. The highest BCUT2D eigenvalue weighted by Crippen LogP contribution is 2.35. The van der Waals surface area contributed by atoms with Gasteiger partial charge in [0.25, 0.3) is 0 Å². The lowest BCUT2D eigenvalue weighted by Gasteiger charge is -2.34. The van der Waals surface area contributed by atoms with Crippen molar-refractivity contribution in [2.75, 3.05) is 31.1 Å². The molecule has 3 aromatic rings. The average molecular weight is 438 g/mol. The summed E-state index contributed by atoms with van der Waals surface area (Å²) in [5, 5.41) is 8.26. The first kappa shape index (κ1) is 20.4. The summed E-state index contributed by atoms with van der Waals surface area (Å²) in [5.41, 5.74) is -0.597. The normalized spacial score (nSPS) is 16.0. The lowest BCUT2D eigenvalue weighted by molar-refractivity contribution is -0.139. The van der Waals surface area contributed by atoms with Gasteiger partial charge in [-0.15, -0.1) is 10.2 Å². The molecule has 0 aliphatic carbocycles. The Balaban J connectivity index is 1.48. The molecule has 0 saturated carbocycles. The number of aromatic nitrogens is 2. The molecular weight excluding hydrogens is 421 g/mol. The number of hydrogen-bond donors (Lipinski definition) is 0. The van der Waals surface area contributed by atoms with Gasteiger partial charge in [-0.3, -0.25) is 0 Å². The van der Waals surface area contributed by atoms with Gasteiger partial charge in [0.1, 0.15) is 5.69 Å². The highest BCUT2D eigenvalue weighted by Gasteiger charge is 2.39. The molecule has 0 spiro atoms. The molecule has 0 bridgehead atoms. The fourth-order valence-corrected chi connectivity index (χ4v) is 4.91. The molecule has 1 aromatic carbocycles. The van der Waals surface area contributed by atoms with Crippen LogP contribution in [0.3, 0.4) is 0 Å². The van der Waals surface area contributed by atoms with Crippen molar-refractivity contribution < 1.29 is 26.0 Å². The zero-order valence-electron chi connectivity index (χ0n) is 15.6. The van der Waals surface area contributed by atoms with Gasteiger partial charge in [-0.1, -0.05) is 12.1 Å². The second-order valence-electron chi connectivity index (χ2n) is 6.64. The molecule has 0 radical (unpaired) electrons. The first-order valence-corrected chi connectivity index (χ1v) is 10.5. The molecular formula is C19H17F3N4O3S. The molecule has 0 amide bonds. The van der Waals surface area contributed by atoms with Gasteiger partial charge >= 0.3 is 6.18 Å². The summed E-state index contributed by atoms with van der Waals surface area (Å²) in [4.78, 5) is 1.11. The van der Waals surface area contributed by atoms with E-state index < -0.39 is 26.7 Å². The summed E-state index contributed by atoms with van der Waals surface area (Å²) < 4.78 is 71.8. The van der Waals surface area contributed by atoms with Crippen LogP contribution in [0.15, 0.2) is 64.1 Å². The summed E-state index contributed by atoms with van der Waals surface area (Å²) in [6.07, 6.45) is -3.22. The first-order valence-electron chi connectivity index (χ1n) is 9.06. The van der Waals surface area contributed by atoms with E-state index in [1.165, 1.54) is 18.4 Å². The topological polar surface area (TPSA) is 79.5 Å². The molecule has 1 aliphatic heterocycles. The molecule has 158 valence electrons. The van der Waals surface area contributed by atoms with Crippen molar-refractivity contribution in [3.63, 3.8) is 0 Å². The number of alkyl halides is 3. The van der Waals surface area contributed by atoms with Crippen LogP contribution in [-0.2, 0) is 16.2 Å². The van der Waals surface area contributed by atoms with Crippen molar-refractivity contribution in [3.8, 4) is 11.5 Å². The van der Waals surface area contributed by atoms with Gasteiger partial charge in [-0.05, 0) is 36.4 Å². The summed E-state index contributed by atoms with van der Waals surface area (Å²) >= 11 is 0. The minimum atomic E-state index is -4.75. The molecule has 0 unspecified atom stereocenters. The molecule has 4 rings (SSSR count). The maximum Gasteiger partial charge on any atom is 0.417 e. The van der Waals surface area contributed by atoms with Crippen LogP contribution in [0.2, 0.25) is 0 Å². The smallest absolute Gasteiger partial charge is 0.417 e. The number of furan rings is 1. The van der Waals surface area contributed by atoms with E-state index >= 15 is 0 Å². The molecule has 2 aromatic heterocycles. The van der Waals surface area contributed by atoms with Crippen molar-refractivity contribution in [3.05, 3.63) is 60.4 Å². The number of piperazine rings is 1. The van der Waals surface area contributed by atoms with E-state index in [0.29, 0.717) is 17.3 Å². The van der Waals surface area contributed by atoms with Crippen LogP contribution in [0.25, 0.3) is 11.5 Å². The number of halogens is 3. The molecule has 1 aliphatic rings. The largest absolute Gasteiger partial charge is 0.463 e. The maximum absolute atomic E-state index is 13.3. The van der Waals surface area contributed by atoms with Crippen LogP contribution in [0.4, 0.5) is 19.0 Å². The van der Waals surface area contributed by atoms with Crippen LogP contribution in [0.5, 0.6) is 0 Å².